The van der Waals surface area contributed by atoms with Crippen LogP contribution in [0.3, 0.4) is 0 Å². The molecule has 1 atom stereocenters. The van der Waals surface area contributed by atoms with Crippen molar-refractivity contribution >= 4 is 11.9 Å². The van der Waals surface area contributed by atoms with Crippen LogP contribution in [-0.2, 0) is 13.5 Å². The van der Waals surface area contributed by atoms with Crippen molar-refractivity contribution in [2.24, 2.45) is 7.05 Å². The summed E-state index contributed by atoms with van der Waals surface area (Å²) in [5.41, 5.74) is 5.18. The van der Waals surface area contributed by atoms with E-state index in [9.17, 15) is 14.7 Å². The number of benzene rings is 2. The van der Waals surface area contributed by atoms with Crippen LogP contribution in [0.15, 0.2) is 67.1 Å². The van der Waals surface area contributed by atoms with E-state index in [-0.39, 0.29) is 17.4 Å². The molecule has 1 amide bonds. The van der Waals surface area contributed by atoms with E-state index in [1.54, 1.807) is 9.36 Å². The second-order valence-electron chi connectivity index (χ2n) is 9.76. The van der Waals surface area contributed by atoms with E-state index in [4.69, 9.17) is 0 Å². The fourth-order valence-electron chi connectivity index (χ4n) is 5.00. The molecule has 0 bridgehead atoms. The molecule has 4 aromatic rings. The number of likely N-dealkylation sites (tertiary alicyclic amines) is 1. The second-order valence-corrected chi connectivity index (χ2v) is 9.76. The SMILES string of the molecule is CC(Cc1c(C(=O)O)cnn1-c1cccc(-c2cccc(C(=O)N3CCCCC3)c2)c1)c1cnn(C)c1. The smallest absolute Gasteiger partial charge is 0.339 e. The maximum absolute atomic E-state index is 13.1. The lowest BCUT2D eigenvalue weighted by Gasteiger charge is -2.26. The lowest BCUT2D eigenvalue weighted by atomic mass is 9.97. The summed E-state index contributed by atoms with van der Waals surface area (Å²) < 4.78 is 3.46. The predicted molar refractivity (Wildman–Crippen MR) is 141 cm³/mol. The molecular formula is C29H31N5O3. The van der Waals surface area contributed by atoms with E-state index < -0.39 is 5.97 Å². The van der Waals surface area contributed by atoms with Gasteiger partial charge in [-0.3, -0.25) is 9.48 Å². The summed E-state index contributed by atoms with van der Waals surface area (Å²) in [7, 11) is 1.86. The summed E-state index contributed by atoms with van der Waals surface area (Å²) in [6.07, 6.45) is 8.95. The van der Waals surface area contributed by atoms with Crippen molar-refractivity contribution < 1.29 is 14.7 Å². The molecule has 5 rings (SSSR count). The van der Waals surface area contributed by atoms with Crippen molar-refractivity contribution in [1.82, 2.24) is 24.5 Å². The average molecular weight is 498 g/mol. The number of hydrogen-bond acceptors (Lipinski definition) is 4. The fourth-order valence-corrected chi connectivity index (χ4v) is 5.00. The van der Waals surface area contributed by atoms with E-state index in [0.29, 0.717) is 17.7 Å². The molecule has 190 valence electrons. The largest absolute Gasteiger partial charge is 0.478 e. The van der Waals surface area contributed by atoms with E-state index in [1.165, 1.54) is 12.6 Å². The van der Waals surface area contributed by atoms with Crippen LogP contribution in [0, 0.1) is 0 Å². The van der Waals surface area contributed by atoms with E-state index in [0.717, 1.165) is 48.3 Å². The zero-order valence-electron chi connectivity index (χ0n) is 21.2. The molecule has 3 heterocycles. The van der Waals surface area contributed by atoms with Gasteiger partial charge in [0.15, 0.2) is 0 Å². The Hall–Kier alpha value is -4.20. The van der Waals surface area contributed by atoms with Crippen molar-refractivity contribution in [3.8, 4) is 16.8 Å². The molecule has 1 unspecified atom stereocenters. The molecule has 2 aromatic carbocycles. The second kappa shape index (κ2) is 10.4. The van der Waals surface area contributed by atoms with Crippen LogP contribution in [0.2, 0.25) is 0 Å². The third kappa shape index (κ3) is 5.18. The van der Waals surface area contributed by atoms with Gasteiger partial charge in [-0.15, -0.1) is 0 Å². The molecule has 0 spiro atoms. The maximum Gasteiger partial charge on any atom is 0.339 e. The van der Waals surface area contributed by atoms with Crippen molar-refractivity contribution in [1.29, 1.82) is 0 Å². The highest BCUT2D eigenvalue weighted by Crippen LogP contribution is 2.28. The molecule has 1 N–H and O–H groups in total. The Bertz CT molecular complexity index is 1430. The van der Waals surface area contributed by atoms with Crippen LogP contribution in [0.5, 0.6) is 0 Å². The molecule has 0 saturated carbocycles. The molecule has 2 aromatic heterocycles. The predicted octanol–water partition coefficient (Wildman–Crippen LogP) is 4.94. The van der Waals surface area contributed by atoms with Gasteiger partial charge in [-0.1, -0.05) is 31.2 Å². The lowest BCUT2D eigenvalue weighted by molar-refractivity contribution is 0.0693. The molecule has 37 heavy (non-hydrogen) atoms. The Kier molecular flexibility index (Phi) is 6.90. The zero-order valence-corrected chi connectivity index (χ0v) is 21.2. The number of aromatic nitrogens is 4. The van der Waals surface area contributed by atoms with Crippen molar-refractivity contribution in [3.63, 3.8) is 0 Å². The number of nitrogens with zero attached hydrogens (tertiary/aromatic N) is 5. The minimum Gasteiger partial charge on any atom is -0.478 e. The molecule has 1 saturated heterocycles. The van der Waals surface area contributed by atoms with E-state index in [1.807, 2.05) is 72.9 Å². The van der Waals surface area contributed by atoms with Gasteiger partial charge in [-0.25, -0.2) is 9.48 Å². The number of aryl methyl sites for hydroxylation is 1. The number of carboxylic acid groups (broad SMARTS) is 1. The van der Waals surface area contributed by atoms with Gasteiger partial charge in [0.1, 0.15) is 5.56 Å². The summed E-state index contributed by atoms with van der Waals surface area (Å²) in [5.74, 6) is -0.870. The van der Waals surface area contributed by atoms with Crippen LogP contribution in [0.25, 0.3) is 16.8 Å². The number of carbonyl (C=O) groups is 2. The summed E-state index contributed by atoms with van der Waals surface area (Å²) in [4.78, 5) is 27.0. The Morgan fingerprint density at radius 2 is 1.70 bits per heavy atom. The monoisotopic (exact) mass is 497 g/mol. The third-order valence-corrected chi connectivity index (χ3v) is 7.07. The molecule has 8 nitrogen and oxygen atoms in total. The first kappa shape index (κ1) is 24.5. The summed E-state index contributed by atoms with van der Waals surface area (Å²) in [6, 6.07) is 15.5. The number of amides is 1. The van der Waals surface area contributed by atoms with Gasteiger partial charge in [-0.2, -0.15) is 10.2 Å². The summed E-state index contributed by atoms with van der Waals surface area (Å²) in [5, 5.41) is 18.5. The molecule has 0 radical (unpaired) electrons. The van der Waals surface area contributed by atoms with Crippen molar-refractivity contribution in [2.75, 3.05) is 13.1 Å². The van der Waals surface area contributed by atoms with Crippen molar-refractivity contribution in [2.45, 2.75) is 38.5 Å². The maximum atomic E-state index is 13.1. The first-order chi connectivity index (χ1) is 17.9. The van der Waals surface area contributed by atoms with Crippen LogP contribution in [-0.4, -0.2) is 54.5 Å². The minimum absolute atomic E-state index is 0.0583. The normalized spacial score (nSPS) is 14.5. The summed E-state index contributed by atoms with van der Waals surface area (Å²) >= 11 is 0. The highest BCUT2D eigenvalue weighted by molar-refractivity contribution is 5.95. The van der Waals surface area contributed by atoms with Gasteiger partial charge in [-0.05, 0) is 72.6 Å². The average Bonchev–Trinajstić information content (AvgIpc) is 3.55. The highest BCUT2D eigenvalue weighted by atomic mass is 16.4. The summed E-state index contributed by atoms with van der Waals surface area (Å²) in [6.45, 7) is 3.68. The Morgan fingerprint density at radius 1 is 0.973 bits per heavy atom. The van der Waals surface area contributed by atoms with Gasteiger partial charge in [0, 0.05) is 31.9 Å². The van der Waals surface area contributed by atoms with Crippen LogP contribution >= 0.6 is 0 Å². The number of rotatable bonds is 7. The number of aromatic carboxylic acids is 1. The number of hydrogen-bond donors (Lipinski definition) is 1. The molecule has 0 aliphatic carbocycles. The van der Waals surface area contributed by atoms with Gasteiger partial charge in [0.2, 0.25) is 0 Å². The first-order valence-corrected chi connectivity index (χ1v) is 12.7. The highest BCUT2D eigenvalue weighted by Gasteiger charge is 2.22. The van der Waals surface area contributed by atoms with Gasteiger partial charge >= 0.3 is 5.97 Å². The van der Waals surface area contributed by atoms with E-state index >= 15 is 0 Å². The van der Waals surface area contributed by atoms with Crippen LogP contribution in [0.4, 0.5) is 0 Å². The van der Waals surface area contributed by atoms with Crippen molar-refractivity contribution in [3.05, 3.63) is 89.5 Å². The molecular weight excluding hydrogens is 466 g/mol. The standard InChI is InChI=1S/C29H31N5O3/c1-20(24-17-30-32(2)19-24)14-27-26(29(36)37)18-31-34(27)25-11-7-9-22(16-25)21-8-6-10-23(15-21)28(35)33-12-4-3-5-13-33/h6-11,15-20H,3-5,12-14H2,1-2H3,(H,36,37). The van der Waals surface area contributed by atoms with Gasteiger partial charge in [0.05, 0.1) is 23.8 Å². The Morgan fingerprint density at radius 3 is 2.41 bits per heavy atom. The third-order valence-electron chi connectivity index (χ3n) is 7.07. The lowest BCUT2D eigenvalue weighted by Crippen LogP contribution is -2.35. The Balaban J connectivity index is 1.46. The first-order valence-electron chi connectivity index (χ1n) is 12.7. The number of piperidine rings is 1. The molecule has 8 heteroatoms. The minimum atomic E-state index is -1.00. The molecule has 1 aliphatic rings. The zero-order chi connectivity index (χ0) is 25.9. The topological polar surface area (TPSA) is 93.2 Å². The van der Waals surface area contributed by atoms with E-state index in [2.05, 4.69) is 17.1 Å². The Labute approximate surface area is 216 Å². The van der Waals surface area contributed by atoms with Crippen LogP contribution in [0.1, 0.15) is 64.1 Å². The number of carbonyl (C=O) groups excluding carboxylic acids is 1. The fraction of sp³-hybridized carbons (Fsp3) is 0.310. The molecule has 1 aliphatic heterocycles. The molecule has 1 fully saturated rings. The van der Waals surface area contributed by atoms with Gasteiger partial charge < -0.3 is 10.0 Å². The van der Waals surface area contributed by atoms with Gasteiger partial charge in [0.25, 0.3) is 5.91 Å². The van der Waals surface area contributed by atoms with Crippen LogP contribution < -0.4 is 0 Å². The number of carboxylic acids is 1. The quantitative estimate of drug-likeness (QED) is 0.390.